The summed E-state index contributed by atoms with van der Waals surface area (Å²) in [5, 5.41) is 2.99. The van der Waals surface area contributed by atoms with E-state index in [1.807, 2.05) is 44.2 Å². The Morgan fingerprint density at radius 1 is 1.25 bits per heavy atom. The fraction of sp³-hybridized carbons (Fsp3) is 0.267. The molecule has 2 heterocycles. The minimum absolute atomic E-state index is 0.0479. The van der Waals surface area contributed by atoms with E-state index in [0.29, 0.717) is 0 Å². The summed E-state index contributed by atoms with van der Waals surface area (Å²) in [6, 6.07) is 9.44. The zero-order valence-corrected chi connectivity index (χ0v) is 12.1. The second-order valence-corrected chi connectivity index (χ2v) is 6.01. The van der Waals surface area contributed by atoms with Gasteiger partial charge in [0.25, 0.3) is 5.91 Å². The van der Waals surface area contributed by atoms with Gasteiger partial charge in [-0.3, -0.25) is 4.79 Å². The molecule has 1 atom stereocenters. The molecule has 104 valence electrons. The molecule has 0 saturated carbocycles. The van der Waals surface area contributed by atoms with Crippen LogP contribution < -0.4 is 14.8 Å². The van der Waals surface area contributed by atoms with Crippen molar-refractivity contribution in [2.24, 2.45) is 0 Å². The summed E-state index contributed by atoms with van der Waals surface area (Å²) in [6.07, 6.45) is 0. The van der Waals surface area contributed by atoms with Crippen LogP contribution in [0.2, 0.25) is 0 Å². The SMILES string of the molecule is Cc1ccc(C(=O)N[C@@H](C)c2ccc3c(c2)OCO3)s1. The molecule has 20 heavy (non-hydrogen) atoms. The van der Waals surface area contributed by atoms with Gasteiger partial charge in [0.15, 0.2) is 11.5 Å². The van der Waals surface area contributed by atoms with E-state index >= 15 is 0 Å². The van der Waals surface area contributed by atoms with Gasteiger partial charge < -0.3 is 14.8 Å². The number of carbonyl (C=O) groups excluding carboxylic acids is 1. The predicted molar refractivity (Wildman–Crippen MR) is 77.5 cm³/mol. The quantitative estimate of drug-likeness (QED) is 0.943. The molecule has 1 aliphatic heterocycles. The Morgan fingerprint density at radius 2 is 2.05 bits per heavy atom. The molecule has 0 radical (unpaired) electrons. The normalized spacial score (nSPS) is 14.1. The van der Waals surface area contributed by atoms with Gasteiger partial charge in [-0.2, -0.15) is 0 Å². The zero-order valence-electron chi connectivity index (χ0n) is 11.3. The number of aryl methyl sites for hydroxylation is 1. The fourth-order valence-corrected chi connectivity index (χ4v) is 2.86. The molecule has 0 fully saturated rings. The fourth-order valence-electron chi connectivity index (χ4n) is 2.09. The molecule has 1 N–H and O–H groups in total. The van der Waals surface area contributed by atoms with E-state index in [2.05, 4.69) is 5.32 Å². The number of hydrogen-bond donors (Lipinski definition) is 1. The second-order valence-electron chi connectivity index (χ2n) is 4.72. The summed E-state index contributed by atoms with van der Waals surface area (Å²) >= 11 is 1.50. The molecule has 0 spiro atoms. The highest BCUT2D eigenvalue weighted by atomic mass is 32.1. The summed E-state index contributed by atoms with van der Waals surface area (Å²) in [5.74, 6) is 1.44. The Kier molecular flexibility index (Phi) is 3.36. The topological polar surface area (TPSA) is 47.6 Å². The lowest BCUT2D eigenvalue weighted by molar-refractivity contribution is 0.0944. The van der Waals surface area contributed by atoms with Crippen LogP contribution in [0.4, 0.5) is 0 Å². The summed E-state index contributed by atoms with van der Waals surface area (Å²) in [6.45, 7) is 4.20. The van der Waals surface area contributed by atoms with E-state index in [9.17, 15) is 4.79 Å². The first kappa shape index (κ1) is 13.0. The highest BCUT2D eigenvalue weighted by Crippen LogP contribution is 2.34. The third-order valence-electron chi connectivity index (χ3n) is 3.21. The average molecular weight is 289 g/mol. The molecule has 1 aliphatic rings. The Hall–Kier alpha value is -2.01. The van der Waals surface area contributed by atoms with Crippen molar-refractivity contribution >= 4 is 17.2 Å². The van der Waals surface area contributed by atoms with E-state index in [4.69, 9.17) is 9.47 Å². The molecule has 0 saturated heterocycles. The highest BCUT2D eigenvalue weighted by Gasteiger charge is 2.17. The number of hydrogen-bond acceptors (Lipinski definition) is 4. The monoisotopic (exact) mass is 289 g/mol. The zero-order chi connectivity index (χ0) is 14.1. The van der Waals surface area contributed by atoms with E-state index in [-0.39, 0.29) is 18.7 Å². The third-order valence-corrected chi connectivity index (χ3v) is 4.21. The maximum absolute atomic E-state index is 12.1. The Morgan fingerprint density at radius 3 is 2.80 bits per heavy atom. The van der Waals surface area contributed by atoms with Gasteiger partial charge in [-0.05, 0) is 43.7 Å². The number of amides is 1. The number of ether oxygens (including phenoxy) is 2. The molecule has 0 unspecified atom stereocenters. The molecule has 1 amide bonds. The number of fused-ring (bicyclic) bond motifs is 1. The van der Waals surface area contributed by atoms with E-state index in [0.717, 1.165) is 26.8 Å². The molecule has 1 aromatic heterocycles. The van der Waals surface area contributed by atoms with Crippen LogP contribution in [0.1, 0.15) is 33.1 Å². The van der Waals surface area contributed by atoms with E-state index < -0.39 is 0 Å². The molecule has 3 rings (SSSR count). The van der Waals surface area contributed by atoms with Crippen LogP contribution in [0.15, 0.2) is 30.3 Å². The second kappa shape index (κ2) is 5.17. The van der Waals surface area contributed by atoms with Crippen molar-refractivity contribution in [1.82, 2.24) is 5.32 Å². The van der Waals surface area contributed by atoms with Gasteiger partial charge in [0.2, 0.25) is 6.79 Å². The van der Waals surface area contributed by atoms with Gasteiger partial charge in [-0.1, -0.05) is 6.07 Å². The van der Waals surface area contributed by atoms with Crippen LogP contribution in [0.25, 0.3) is 0 Å². The van der Waals surface area contributed by atoms with Crippen LogP contribution in [-0.2, 0) is 0 Å². The van der Waals surface area contributed by atoms with Gasteiger partial charge in [-0.15, -0.1) is 11.3 Å². The van der Waals surface area contributed by atoms with Crippen molar-refractivity contribution in [2.75, 3.05) is 6.79 Å². The first-order chi connectivity index (χ1) is 9.63. The lowest BCUT2D eigenvalue weighted by atomic mass is 10.1. The number of carbonyl (C=O) groups is 1. The molecule has 5 heteroatoms. The van der Waals surface area contributed by atoms with Crippen LogP contribution in [0, 0.1) is 6.92 Å². The smallest absolute Gasteiger partial charge is 0.261 e. The number of thiophene rings is 1. The van der Waals surface area contributed by atoms with Crippen molar-refractivity contribution in [2.45, 2.75) is 19.9 Å². The summed E-state index contributed by atoms with van der Waals surface area (Å²) in [5.41, 5.74) is 0.996. The summed E-state index contributed by atoms with van der Waals surface area (Å²) < 4.78 is 10.6. The molecule has 2 aromatic rings. The Bertz CT molecular complexity index is 650. The molecular formula is C15H15NO3S. The predicted octanol–water partition coefficient (Wildman–Crippen LogP) is 3.28. The first-order valence-electron chi connectivity index (χ1n) is 6.40. The highest BCUT2D eigenvalue weighted by molar-refractivity contribution is 7.13. The van der Waals surface area contributed by atoms with Gasteiger partial charge in [0.05, 0.1) is 10.9 Å². The van der Waals surface area contributed by atoms with Crippen LogP contribution in [0.5, 0.6) is 11.5 Å². The Balaban J connectivity index is 1.73. The van der Waals surface area contributed by atoms with Gasteiger partial charge in [0, 0.05) is 4.88 Å². The van der Waals surface area contributed by atoms with Gasteiger partial charge >= 0.3 is 0 Å². The summed E-state index contributed by atoms with van der Waals surface area (Å²) in [4.78, 5) is 14.0. The van der Waals surface area contributed by atoms with Crippen molar-refractivity contribution < 1.29 is 14.3 Å². The summed E-state index contributed by atoms with van der Waals surface area (Å²) in [7, 11) is 0. The van der Waals surface area contributed by atoms with E-state index in [1.54, 1.807) is 0 Å². The minimum atomic E-state index is -0.0839. The number of rotatable bonds is 3. The number of benzene rings is 1. The minimum Gasteiger partial charge on any atom is -0.454 e. The number of nitrogens with one attached hydrogen (secondary N) is 1. The molecule has 1 aromatic carbocycles. The largest absolute Gasteiger partial charge is 0.454 e. The van der Waals surface area contributed by atoms with Crippen molar-refractivity contribution in [3.05, 3.63) is 45.6 Å². The molecule has 0 bridgehead atoms. The van der Waals surface area contributed by atoms with Crippen LogP contribution >= 0.6 is 11.3 Å². The van der Waals surface area contributed by atoms with Gasteiger partial charge in [0.1, 0.15) is 0 Å². The average Bonchev–Trinajstić information content (AvgIpc) is 3.05. The maximum atomic E-state index is 12.1. The Labute approximate surface area is 121 Å². The van der Waals surface area contributed by atoms with Crippen LogP contribution in [-0.4, -0.2) is 12.7 Å². The lowest BCUT2D eigenvalue weighted by Gasteiger charge is -2.14. The van der Waals surface area contributed by atoms with Crippen molar-refractivity contribution in [3.63, 3.8) is 0 Å². The molecular weight excluding hydrogens is 274 g/mol. The lowest BCUT2D eigenvalue weighted by Crippen LogP contribution is -2.25. The van der Waals surface area contributed by atoms with Crippen molar-refractivity contribution in [3.8, 4) is 11.5 Å². The standard InChI is InChI=1S/C15H15NO3S/c1-9-3-6-14(20-9)15(17)16-10(2)11-4-5-12-13(7-11)19-8-18-12/h3-7,10H,8H2,1-2H3,(H,16,17)/t10-/m0/s1. The van der Waals surface area contributed by atoms with Gasteiger partial charge in [-0.25, -0.2) is 0 Å². The maximum Gasteiger partial charge on any atom is 0.261 e. The molecule has 0 aliphatic carbocycles. The van der Waals surface area contributed by atoms with Crippen LogP contribution in [0.3, 0.4) is 0 Å². The van der Waals surface area contributed by atoms with Crippen molar-refractivity contribution in [1.29, 1.82) is 0 Å². The first-order valence-corrected chi connectivity index (χ1v) is 7.22. The molecule has 4 nitrogen and oxygen atoms in total. The van der Waals surface area contributed by atoms with E-state index in [1.165, 1.54) is 11.3 Å². The third kappa shape index (κ3) is 2.49.